The van der Waals surface area contributed by atoms with Crippen LogP contribution in [0.1, 0.15) is 55.2 Å². The van der Waals surface area contributed by atoms with Gasteiger partial charge < -0.3 is 0 Å². The van der Waals surface area contributed by atoms with E-state index >= 15 is 0 Å². The maximum atomic E-state index is 4.76. The van der Waals surface area contributed by atoms with E-state index in [9.17, 15) is 0 Å². The summed E-state index contributed by atoms with van der Waals surface area (Å²) < 4.78 is 0. The maximum Gasteiger partial charge on any atom is 0.0780 e. The molecule has 1 aromatic heterocycles. The Kier molecular flexibility index (Phi) is 4.33. The van der Waals surface area contributed by atoms with Gasteiger partial charge in [-0.2, -0.15) is 0 Å². The Morgan fingerprint density at radius 3 is 2.28 bits per heavy atom. The van der Waals surface area contributed by atoms with Crippen molar-refractivity contribution in [2.75, 3.05) is 0 Å². The van der Waals surface area contributed by atoms with Gasteiger partial charge in [-0.05, 0) is 73.7 Å². The monoisotopic (exact) mass is 329 g/mol. The van der Waals surface area contributed by atoms with Gasteiger partial charge in [0.15, 0.2) is 0 Å². The summed E-state index contributed by atoms with van der Waals surface area (Å²) in [6.45, 7) is 6.71. The van der Waals surface area contributed by atoms with Crippen molar-refractivity contribution in [2.45, 2.75) is 52.4 Å². The number of nitrogens with zero attached hydrogens (tertiary/aromatic N) is 1. The molecule has 1 nitrogen and oxygen atoms in total. The predicted octanol–water partition coefficient (Wildman–Crippen LogP) is 6.81. The lowest BCUT2D eigenvalue weighted by Gasteiger charge is -2.26. The Hall–Kier alpha value is -2.15. The second-order valence-corrected chi connectivity index (χ2v) is 7.97. The first-order chi connectivity index (χ1) is 12.1. The lowest BCUT2D eigenvalue weighted by atomic mass is 9.79. The third-order valence-corrected chi connectivity index (χ3v) is 5.77. The van der Waals surface area contributed by atoms with Crippen molar-refractivity contribution in [3.8, 4) is 11.3 Å². The van der Waals surface area contributed by atoms with Crippen molar-refractivity contribution in [1.82, 2.24) is 4.98 Å². The summed E-state index contributed by atoms with van der Waals surface area (Å²) in [7, 11) is 0. The molecule has 1 heteroatoms. The molecule has 0 saturated heterocycles. The summed E-state index contributed by atoms with van der Waals surface area (Å²) in [6.07, 6.45) is 7.31. The van der Waals surface area contributed by atoms with E-state index in [2.05, 4.69) is 63.2 Å². The van der Waals surface area contributed by atoms with Crippen LogP contribution in [0.4, 0.5) is 0 Å². The highest BCUT2D eigenvalue weighted by Crippen LogP contribution is 2.37. The van der Waals surface area contributed by atoms with Crippen LogP contribution in [0, 0.1) is 19.8 Å². The van der Waals surface area contributed by atoms with E-state index in [0.717, 1.165) is 11.6 Å². The fourth-order valence-corrected chi connectivity index (χ4v) is 4.37. The average Bonchev–Trinajstić information content (AvgIpc) is 2.60. The minimum absolute atomic E-state index is 0.716. The zero-order valence-corrected chi connectivity index (χ0v) is 15.5. The topological polar surface area (TPSA) is 12.9 Å². The quantitative estimate of drug-likeness (QED) is 0.503. The summed E-state index contributed by atoms with van der Waals surface area (Å²) in [6, 6.07) is 15.9. The first-order valence-corrected chi connectivity index (χ1v) is 9.57. The second-order valence-electron chi connectivity index (χ2n) is 7.97. The van der Waals surface area contributed by atoms with Crippen LogP contribution in [0.2, 0.25) is 0 Å². The molecule has 0 unspecified atom stereocenters. The summed E-state index contributed by atoms with van der Waals surface area (Å²) in [5, 5.41) is 2.58. The van der Waals surface area contributed by atoms with Gasteiger partial charge in [-0.3, -0.25) is 4.98 Å². The molecule has 2 aromatic carbocycles. The van der Waals surface area contributed by atoms with Crippen molar-refractivity contribution in [2.24, 2.45) is 5.92 Å². The highest BCUT2D eigenvalue weighted by molar-refractivity contribution is 5.95. The Morgan fingerprint density at radius 1 is 0.840 bits per heavy atom. The molecule has 0 aliphatic heterocycles. The van der Waals surface area contributed by atoms with Gasteiger partial charge in [-0.25, -0.2) is 0 Å². The Balaban J connectivity index is 1.81. The van der Waals surface area contributed by atoms with Gasteiger partial charge in [0.05, 0.1) is 5.69 Å². The molecule has 1 heterocycles. The molecular weight excluding hydrogens is 302 g/mol. The van der Waals surface area contributed by atoms with Crippen LogP contribution in [-0.4, -0.2) is 4.98 Å². The Labute approximate surface area is 151 Å². The van der Waals surface area contributed by atoms with E-state index in [0.29, 0.717) is 5.92 Å². The molecule has 0 N–H and O–H groups in total. The van der Waals surface area contributed by atoms with Gasteiger partial charge in [0.1, 0.15) is 0 Å². The minimum atomic E-state index is 0.716. The summed E-state index contributed by atoms with van der Waals surface area (Å²) in [4.78, 5) is 4.76. The van der Waals surface area contributed by atoms with Crippen LogP contribution in [0.25, 0.3) is 22.0 Å². The number of rotatable bonds is 2. The van der Waals surface area contributed by atoms with E-state index in [1.807, 2.05) is 6.20 Å². The first-order valence-electron chi connectivity index (χ1n) is 9.57. The Morgan fingerprint density at radius 2 is 1.56 bits per heavy atom. The third kappa shape index (κ3) is 3.33. The molecule has 0 spiro atoms. The number of hydrogen-bond acceptors (Lipinski definition) is 1. The van der Waals surface area contributed by atoms with E-state index in [4.69, 9.17) is 4.98 Å². The molecule has 25 heavy (non-hydrogen) atoms. The molecule has 128 valence electrons. The van der Waals surface area contributed by atoms with Crippen LogP contribution in [0.15, 0.2) is 48.7 Å². The van der Waals surface area contributed by atoms with Gasteiger partial charge in [0.2, 0.25) is 0 Å². The molecular formula is C24H27N. The van der Waals surface area contributed by atoms with Crippen LogP contribution in [-0.2, 0) is 0 Å². The molecule has 0 radical (unpaired) electrons. The molecule has 1 aliphatic carbocycles. The van der Waals surface area contributed by atoms with Crippen molar-refractivity contribution in [1.29, 1.82) is 0 Å². The molecule has 1 saturated carbocycles. The molecule has 3 aromatic rings. The highest BCUT2D eigenvalue weighted by atomic mass is 14.7. The smallest absolute Gasteiger partial charge is 0.0780 e. The van der Waals surface area contributed by atoms with Crippen molar-refractivity contribution in [3.63, 3.8) is 0 Å². The fraction of sp³-hybridized carbons (Fsp3) is 0.375. The molecule has 1 aliphatic rings. The summed E-state index contributed by atoms with van der Waals surface area (Å²) in [5.74, 6) is 1.61. The number of aryl methyl sites for hydroxylation is 2. The maximum absolute atomic E-state index is 4.76. The van der Waals surface area contributed by atoms with Gasteiger partial charge in [-0.15, -0.1) is 0 Å². The van der Waals surface area contributed by atoms with Crippen molar-refractivity contribution in [3.05, 3.63) is 65.4 Å². The molecule has 4 rings (SSSR count). The van der Waals surface area contributed by atoms with Crippen LogP contribution in [0.3, 0.4) is 0 Å². The SMILES string of the molecule is Cc1cc(C)cc(-c2nccc3ccc(C4CCC(C)CC4)cc23)c1. The number of benzene rings is 2. The molecule has 0 amide bonds. The lowest BCUT2D eigenvalue weighted by molar-refractivity contribution is 0.348. The van der Waals surface area contributed by atoms with Crippen LogP contribution in [0.5, 0.6) is 0 Å². The van der Waals surface area contributed by atoms with E-state index < -0.39 is 0 Å². The van der Waals surface area contributed by atoms with Crippen LogP contribution >= 0.6 is 0 Å². The van der Waals surface area contributed by atoms with Crippen molar-refractivity contribution < 1.29 is 0 Å². The second kappa shape index (κ2) is 6.63. The summed E-state index contributed by atoms with van der Waals surface area (Å²) >= 11 is 0. The number of aromatic nitrogens is 1. The predicted molar refractivity (Wildman–Crippen MR) is 107 cm³/mol. The molecule has 0 atom stereocenters. The third-order valence-electron chi connectivity index (χ3n) is 5.77. The van der Waals surface area contributed by atoms with E-state index in [1.54, 1.807) is 0 Å². The highest BCUT2D eigenvalue weighted by Gasteiger charge is 2.20. The zero-order valence-electron chi connectivity index (χ0n) is 15.5. The van der Waals surface area contributed by atoms with Crippen molar-refractivity contribution >= 4 is 10.8 Å². The van der Waals surface area contributed by atoms with E-state index in [-0.39, 0.29) is 0 Å². The standard InChI is InChI=1S/C24H27N/c1-16-4-6-19(7-5-16)21-9-8-20-10-11-25-24(23(20)15-21)22-13-17(2)12-18(3)14-22/h8-16,19H,4-7H2,1-3H3. The zero-order chi connectivity index (χ0) is 17.4. The average molecular weight is 329 g/mol. The van der Waals surface area contributed by atoms with Gasteiger partial charge in [0.25, 0.3) is 0 Å². The van der Waals surface area contributed by atoms with E-state index in [1.165, 1.54) is 58.7 Å². The van der Waals surface area contributed by atoms with Crippen LogP contribution < -0.4 is 0 Å². The van der Waals surface area contributed by atoms with Gasteiger partial charge in [0, 0.05) is 17.1 Å². The fourth-order valence-electron chi connectivity index (χ4n) is 4.37. The summed E-state index contributed by atoms with van der Waals surface area (Å²) in [5.41, 5.74) is 6.45. The molecule has 0 bridgehead atoms. The normalized spacial score (nSPS) is 20.8. The molecule has 1 fully saturated rings. The number of fused-ring (bicyclic) bond motifs is 1. The minimum Gasteiger partial charge on any atom is -0.256 e. The lowest BCUT2D eigenvalue weighted by Crippen LogP contribution is -2.10. The Bertz CT molecular complexity index is 881. The largest absolute Gasteiger partial charge is 0.256 e. The first kappa shape index (κ1) is 16.3. The number of hydrogen-bond donors (Lipinski definition) is 0. The number of pyridine rings is 1. The van der Waals surface area contributed by atoms with Gasteiger partial charge >= 0.3 is 0 Å². The van der Waals surface area contributed by atoms with Gasteiger partial charge in [-0.1, -0.05) is 49.1 Å².